The van der Waals surface area contributed by atoms with Crippen LogP contribution in [0.3, 0.4) is 0 Å². The number of benzene rings is 1. The van der Waals surface area contributed by atoms with E-state index in [0.717, 1.165) is 11.6 Å². The van der Waals surface area contributed by atoms with Crippen LogP contribution in [0, 0.1) is 11.6 Å². The van der Waals surface area contributed by atoms with E-state index in [4.69, 9.17) is 10.5 Å². The van der Waals surface area contributed by atoms with Crippen molar-refractivity contribution in [3.8, 4) is 0 Å². The van der Waals surface area contributed by atoms with Gasteiger partial charge in [0, 0.05) is 11.0 Å². The van der Waals surface area contributed by atoms with Crippen molar-refractivity contribution in [1.82, 2.24) is 0 Å². The molecular weight excluding hydrogens is 224 g/mol. The second-order valence-corrected chi connectivity index (χ2v) is 5.57. The van der Waals surface area contributed by atoms with Gasteiger partial charge >= 0.3 is 0 Å². The number of hydrogen-bond acceptors (Lipinski definition) is 2. The van der Waals surface area contributed by atoms with E-state index in [1.165, 1.54) is 6.07 Å². The molecular formula is C13H17F2NO. The average Bonchev–Trinajstić information content (AvgIpc) is 2.15. The summed E-state index contributed by atoms with van der Waals surface area (Å²) in [6.45, 7) is 4.87. The van der Waals surface area contributed by atoms with Gasteiger partial charge in [0.25, 0.3) is 0 Å². The molecule has 0 aromatic heterocycles. The van der Waals surface area contributed by atoms with Crippen molar-refractivity contribution in [2.45, 2.75) is 31.2 Å². The molecule has 17 heavy (non-hydrogen) atoms. The molecule has 1 fully saturated rings. The molecule has 2 nitrogen and oxygen atoms in total. The van der Waals surface area contributed by atoms with Gasteiger partial charge in [-0.3, -0.25) is 0 Å². The third kappa shape index (κ3) is 2.48. The van der Waals surface area contributed by atoms with Crippen LogP contribution in [-0.4, -0.2) is 18.8 Å². The summed E-state index contributed by atoms with van der Waals surface area (Å²) < 4.78 is 31.4. The van der Waals surface area contributed by atoms with E-state index in [9.17, 15) is 8.78 Å². The summed E-state index contributed by atoms with van der Waals surface area (Å²) in [6, 6.07) is 4.03. The minimum atomic E-state index is -0.823. The van der Waals surface area contributed by atoms with Crippen molar-refractivity contribution >= 4 is 0 Å². The Morgan fingerprint density at radius 1 is 1.29 bits per heavy atom. The van der Waals surface area contributed by atoms with Gasteiger partial charge in [0.05, 0.1) is 13.2 Å². The third-order valence-corrected chi connectivity index (χ3v) is 3.08. The molecule has 0 saturated carbocycles. The van der Waals surface area contributed by atoms with E-state index in [-0.39, 0.29) is 11.0 Å². The molecule has 2 N–H and O–H groups in total. The van der Waals surface area contributed by atoms with Crippen molar-refractivity contribution in [3.05, 3.63) is 35.4 Å². The highest BCUT2D eigenvalue weighted by atomic mass is 19.2. The first-order valence-corrected chi connectivity index (χ1v) is 5.65. The van der Waals surface area contributed by atoms with Crippen molar-refractivity contribution in [3.63, 3.8) is 0 Å². The van der Waals surface area contributed by atoms with Crippen LogP contribution in [-0.2, 0) is 10.2 Å². The highest BCUT2D eigenvalue weighted by Gasteiger charge is 2.43. The van der Waals surface area contributed by atoms with Crippen molar-refractivity contribution in [2.75, 3.05) is 13.2 Å². The van der Waals surface area contributed by atoms with E-state index in [1.807, 2.05) is 13.8 Å². The molecule has 1 aliphatic rings. The van der Waals surface area contributed by atoms with Gasteiger partial charge in [-0.25, -0.2) is 8.78 Å². The highest BCUT2D eigenvalue weighted by molar-refractivity contribution is 5.30. The largest absolute Gasteiger partial charge is 0.379 e. The molecule has 1 heterocycles. The van der Waals surface area contributed by atoms with Crippen LogP contribution in [0.25, 0.3) is 0 Å². The fourth-order valence-electron chi connectivity index (χ4n) is 2.42. The molecule has 0 unspecified atom stereocenters. The molecule has 0 radical (unpaired) electrons. The SMILES string of the molecule is CC(C)(N)CC1(c2ccc(F)c(F)c2)COC1. The lowest BCUT2D eigenvalue weighted by molar-refractivity contribution is -0.0720. The second kappa shape index (κ2) is 4.03. The van der Waals surface area contributed by atoms with E-state index >= 15 is 0 Å². The van der Waals surface area contributed by atoms with Crippen LogP contribution < -0.4 is 5.73 Å². The molecule has 2 rings (SSSR count). The van der Waals surface area contributed by atoms with Crippen LogP contribution in [0.1, 0.15) is 25.8 Å². The maximum atomic E-state index is 13.3. The van der Waals surface area contributed by atoms with Crippen molar-refractivity contribution < 1.29 is 13.5 Å². The molecule has 94 valence electrons. The lowest BCUT2D eigenvalue weighted by Crippen LogP contribution is -2.53. The molecule has 1 aromatic carbocycles. The zero-order valence-corrected chi connectivity index (χ0v) is 10.1. The van der Waals surface area contributed by atoms with Crippen molar-refractivity contribution in [1.29, 1.82) is 0 Å². The summed E-state index contributed by atoms with van der Waals surface area (Å²) in [5.41, 5.74) is 6.14. The topological polar surface area (TPSA) is 35.2 Å². The van der Waals surface area contributed by atoms with Gasteiger partial charge < -0.3 is 10.5 Å². The quantitative estimate of drug-likeness (QED) is 0.881. The fraction of sp³-hybridized carbons (Fsp3) is 0.538. The number of halogens is 2. The first-order chi connectivity index (χ1) is 7.82. The maximum absolute atomic E-state index is 13.3. The van der Waals surface area contributed by atoms with Crippen LogP contribution in [0.2, 0.25) is 0 Å². The number of nitrogens with two attached hydrogens (primary N) is 1. The second-order valence-electron chi connectivity index (χ2n) is 5.57. The minimum absolute atomic E-state index is 0.271. The maximum Gasteiger partial charge on any atom is 0.159 e. The van der Waals surface area contributed by atoms with Crippen LogP contribution >= 0.6 is 0 Å². The van der Waals surface area contributed by atoms with E-state index in [2.05, 4.69) is 0 Å². The lowest BCUT2D eigenvalue weighted by atomic mass is 9.71. The zero-order chi connectivity index (χ0) is 12.7. The lowest BCUT2D eigenvalue weighted by Gasteiger charge is -2.45. The van der Waals surface area contributed by atoms with Crippen LogP contribution in [0.15, 0.2) is 18.2 Å². The zero-order valence-electron chi connectivity index (χ0n) is 10.1. The number of ether oxygens (including phenoxy) is 1. The predicted molar refractivity (Wildman–Crippen MR) is 61.7 cm³/mol. The normalized spacial score (nSPS) is 18.9. The van der Waals surface area contributed by atoms with Gasteiger partial charge in [0.2, 0.25) is 0 Å². The Kier molecular flexibility index (Phi) is 2.96. The Balaban J connectivity index is 2.31. The number of hydrogen-bond donors (Lipinski definition) is 1. The predicted octanol–water partition coefficient (Wildman–Crippen LogP) is 2.36. The summed E-state index contributed by atoms with van der Waals surface area (Å²) >= 11 is 0. The molecule has 4 heteroatoms. The Bertz CT molecular complexity index is 422. The molecule has 0 spiro atoms. The summed E-state index contributed by atoms with van der Waals surface area (Å²) in [6.07, 6.45) is 0.686. The van der Waals surface area contributed by atoms with Gasteiger partial charge in [-0.15, -0.1) is 0 Å². The van der Waals surface area contributed by atoms with Crippen molar-refractivity contribution in [2.24, 2.45) is 5.73 Å². The third-order valence-electron chi connectivity index (χ3n) is 3.08. The molecule has 0 bridgehead atoms. The van der Waals surface area contributed by atoms with Gasteiger partial charge in [-0.1, -0.05) is 6.07 Å². The Morgan fingerprint density at radius 2 is 1.94 bits per heavy atom. The first-order valence-electron chi connectivity index (χ1n) is 5.65. The molecule has 0 amide bonds. The molecule has 1 aliphatic heterocycles. The van der Waals surface area contributed by atoms with E-state index in [1.54, 1.807) is 6.07 Å². The minimum Gasteiger partial charge on any atom is -0.379 e. The number of rotatable bonds is 3. The summed E-state index contributed by atoms with van der Waals surface area (Å²) in [5, 5.41) is 0. The molecule has 1 saturated heterocycles. The molecule has 0 atom stereocenters. The van der Waals surface area contributed by atoms with Crippen LogP contribution in [0.4, 0.5) is 8.78 Å². The van der Waals surface area contributed by atoms with Gasteiger partial charge in [-0.05, 0) is 38.0 Å². The van der Waals surface area contributed by atoms with E-state index in [0.29, 0.717) is 19.6 Å². The summed E-state index contributed by atoms with van der Waals surface area (Å²) in [4.78, 5) is 0. The van der Waals surface area contributed by atoms with Gasteiger partial charge in [-0.2, -0.15) is 0 Å². The Hall–Kier alpha value is -1.00. The van der Waals surface area contributed by atoms with Gasteiger partial charge in [0.1, 0.15) is 0 Å². The van der Waals surface area contributed by atoms with E-state index < -0.39 is 11.6 Å². The highest BCUT2D eigenvalue weighted by Crippen LogP contribution is 2.39. The summed E-state index contributed by atoms with van der Waals surface area (Å²) in [5.74, 6) is -1.64. The average molecular weight is 241 g/mol. The molecule has 0 aliphatic carbocycles. The van der Waals surface area contributed by atoms with Crippen LogP contribution in [0.5, 0.6) is 0 Å². The Labute approximate surface area is 99.8 Å². The summed E-state index contributed by atoms with van der Waals surface area (Å²) in [7, 11) is 0. The standard InChI is InChI=1S/C13H17F2NO/c1-12(2,16)6-13(7-17-8-13)9-3-4-10(14)11(15)5-9/h3-5H,6-8,16H2,1-2H3. The Morgan fingerprint density at radius 3 is 2.35 bits per heavy atom. The smallest absolute Gasteiger partial charge is 0.159 e. The van der Waals surface area contributed by atoms with Gasteiger partial charge in [0.15, 0.2) is 11.6 Å². The molecule has 1 aromatic rings. The fourth-order valence-corrected chi connectivity index (χ4v) is 2.42. The first kappa shape index (κ1) is 12.5. The monoisotopic (exact) mass is 241 g/mol.